The van der Waals surface area contributed by atoms with E-state index in [1.165, 1.54) is 0 Å². The number of amides is 1. The molecule has 24 heavy (non-hydrogen) atoms. The van der Waals surface area contributed by atoms with Gasteiger partial charge in [-0.2, -0.15) is 0 Å². The molecule has 5 nitrogen and oxygen atoms in total. The maximum absolute atomic E-state index is 12.8. The van der Waals surface area contributed by atoms with E-state index in [0.717, 1.165) is 26.7 Å². The Hall–Kier alpha value is -2.18. The number of hydrogen-bond acceptors (Lipinski definition) is 5. The molecule has 2 aromatic heterocycles. The van der Waals surface area contributed by atoms with Gasteiger partial charge in [0, 0.05) is 24.7 Å². The highest BCUT2D eigenvalue weighted by molar-refractivity contribution is 7.18. The molecule has 3 heterocycles. The van der Waals surface area contributed by atoms with E-state index >= 15 is 0 Å². The summed E-state index contributed by atoms with van der Waals surface area (Å²) in [4.78, 5) is 19.1. The number of fused-ring (bicyclic) bond motifs is 1. The van der Waals surface area contributed by atoms with Crippen molar-refractivity contribution in [3.63, 3.8) is 0 Å². The fourth-order valence-electron chi connectivity index (χ4n) is 3.31. The summed E-state index contributed by atoms with van der Waals surface area (Å²) in [6.07, 6.45) is 0. The number of benzene rings is 1. The molecule has 1 fully saturated rings. The van der Waals surface area contributed by atoms with Crippen molar-refractivity contribution in [2.45, 2.75) is 25.8 Å². The van der Waals surface area contributed by atoms with Gasteiger partial charge in [-0.05, 0) is 44.2 Å². The van der Waals surface area contributed by atoms with E-state index in [-0.39, 0.29) is 17.9 Å². The molecule has 0 radical (unpaired) electrons. The summed E-state index contributed by atoms with van der Waals surface area (Å²) in [7, 11) is 0. The molecule has 0 spiro atoms. The summed E-state index contributed by atoms with van der Waals surface area (Å²) in [5.41, 5.74) is 7.80. The summed E-state index contributed by atoms with van der Waals surface area (Å²) >= 11 is 1.64. The molecule has 1 aromatic carbocycles. The first kappa shape index (κ1) is 15.4. The van der Waals surface area contributed by atoms with Crippen molar-refractivity contribution in [3.8, 4) is 0 Å². The molecule has 2 N–H and O–H groups in total. The van der Waals surface area contributed by atoms with Crippen LogP contribution in [0.4, 0.5) is 0 Å². The first-order valence-corrected chi connectivity index (χ1v) is 8.81. The monoisotopic (exact) mass is 341 g/mol. The van der Waals surface area contributed by atoms with Crippen LogP contribution < -0.4 is 5.73 Å². The van der Waals surface area contributed by atoms with Crippen LogP contribution in [0.25, 0.3) is 10.2 Å². The third-order valence-electron chi connectivity index (χ3n) is 4.52. The van der Waals surface area contributed by atoms with Gasteiger partial charge in [-0.3, -0.25) is 4.79 Å². The first-order chi connectivity index (χ1) is 11.5. The number of thiazole rings is 1. The van der Waals surface area contributed by atoms with Gasteiger partial charge in [-0.15, -0.1) is 11.3 Å². The topological polar surface area (TPSA) is 72.4 Å². The predicted molar refractivity (Wildman–Crippen MR) is 94.4 cm³/mol. The van der Waals surface area contributed by atoms with E-state index in [4.69, 9.17) is 10.2 Å². The lowest BCUT2D eigenvalue weighted by Gasteiger charge is -2.16. The van der Waals surface area contributed by atoms with Gasteiger partial charge in [0.05, 0.1) is 21.1 Å². The maximum Gasteiger partial charge on any atom is 0.254 e. The van der Waals surface area contributed by atoms with E-state index < -0.39 is 0 Å². The molecule has 4 rings (SSSR count). The molecule has 0 saturated carbocycles. The van der Waals surface area contributed by atoms with Gasteiger partial charge in [0.1, 0.15) is 11.5 Å². The zero-order valence-electron chi connectivity index (χ0n) is 13.7. The highest BCUT2D eigenvalue weighted by Gasteiger charge is 2.36. The van der Waals surface area contributed by atoms with Crippen LogP contribution in [0.5, 0.6) is 0 Å². The van der Waals surface area contributed by atoms with Gasteiger partial charge < -0.3 is 15.1 Å². The summed E-state index contributed by atoms with van der Waals surface area (Å²) in [6.45, 7) is 5.01. The van der Waals surface area contributed by atoms with Crippen LogP contribution in [0.3, 0.4) is 0 Å². The molecule has 1 aliphatic heterocycles. The largest absolute Gasteiger partial charge is 0.466 e. The molecule has 0 bridgehead atoms. The number of likely N-dealkylation sites (tertiary alicyclic amines) is 1. The number of aromatic nitrogens is 1. The molecule has 2 unspecified atom stereocenters. The second kappa shape index (κ2) is 5.72. The number of aryl methyl sites for hydroxylation is 2. The van der Waals surface area contributed by atoms with E-state index in [1.54, 1.807) is 11.3 Å². The molecular formula is C18H19N3O2S. The summed E-state index contributed by atoms with van der Waals surface area (Å²) < 4.78 is 6.81. The Bertz CT molecular complexity index is 914. The fraction of sp³-hybridized carbons (Fsp3) is 0.333. The Morgan fingerprint density at radius 2 is 2.12 bits per heavy atom. The lowest BCUT2D eigenvalue weighted by molar-refractivity contribution is 0.0788. The maximum atomic E-state index is 12.8. The Balaban J connectivity index is 1.57. The molecule has 0 aliphatic carbocycles. The molecule has 2 atom stereocenters. The minimum Gasteiger partial charge on any atom is -0.466 e. The molecule has 1 amide bonds. The lowest BCUT2D eigenvalue weighted by Crippen LogP contribution is -2.32. The van der Waals surface area contributed by atoms with Crippen LogP contribution in [0.15, 0.2) is 34.7 Å². The summed E-state index contributed by atoms with van der Waals surface area (Å²) in [6, 6.07) is 9.50. The van der Waals surface area contributed by atoms with Crippen molar-refractivity contribution in [2.24, 2.45) is 5.73 Å². The highest BCUT2D eigenvalue weighted by atomic mass is 32.1. The highest BCUT2D eigenvalue weighted by Crippen LogP contribution is 2.29. The Kier molecular flexibility index (Phi) is 3.66. The number of hydrogen-bond donors (Lipinski definition) is 1. The molecule has 124 valence electrons. The quantitative estimate of drug-likeness (QED) is 0.777. The van der Waals surface area contributed by atoms with Crippen LogP contribution in [-0.4, -0.2) is 34.9 Å². The molecular weight excluding hydrogens is 322 g/mol. The van der Waals surface area contributed by atoms with Crippen LogP contribution in [-0.2, 0) is 0 Å². The molecule has 6 heteroatoms. The van der Waals surface area contributed by atoms with Crippen molar-refractivity contribution in [2.75, 3.05) is 13.1 Å². The van der Waals surface area contributed by atoms with E-state index in [0.29, 0.717) is 18.7 Å². The van der Waals surface area contributed by atoms with Crippen molar-refractivity contribution in [1.82, 2.24) is 9.88 Å². The second-order valence-corrected chi connectivity index (χ2v) is 7.58. The van der Waals surface area contributed by atoms with Crippen LogP contribution >= 0.6 is 11.3 Å². The third kappa shape index (κ3) is 2.61. The predicted octanol–water partition coefficient (Wildman–Crippen LogP) is 3.07. The van der Waals surface area contributed by atoms with Gasteiger partial charge in [0.2, 0.25) is 0 Å². The van der Waals surface area contributed by atoms with E-state index in [9.17, 15) is 4.79 Å². The number of furan rings is 1. The normalized spacial score (nSPS) is 20.9. The number of nitrogens with zero attached hydrogens (tertiary/aromatic N) is 2. The van der Waals surface area contributed by atoms with Gasteiger partial charge in [0.15, 0.2) is 0 Å². The second-order valence-electron chi connectivity index (χ2n) is 6.34. The van der Waals surface area contributed by atoms with Crippen LogP contribution in [0.2, 0.25) is 0 Å². The fourth-order valence-corrected chi connectivity index (χ4v) is 4.11. The SMILES string of the molecule is Cc1ccc(C2CN(C(=O)c3ccc4sc(C)nc4c3)CC2N)o1. The van der Waals surface area contributed by atoms with Crippen LogP contribution in [0.1, 0.15) is 32.8 Å². The average Bonchev–Trinajstić information content (AvgIpc) is 3.23. The lowest BCUT2D eigenvalue weighted by atomic mass is 10.0. The van der Waals surface area contributed by atoms with Gasteiger partial charge in [0.25, 0.3) is 5.91 Å². The summed E-state index contributed by atoms with van der Waals surface area (Å²) in [5.74, 6) is 1.78. The first-order valence-electron chi connectivity index (χ1n) is 7.99. The number of nitrogens with two attached hydrogens (primary N) is 1. The molecule has 1 saturated heterocycles. The Morgan fingerprint density at radius 3 is 2.88 bits per heavy atom. The molecule has 3 aromatic rings. The van der Waals surface area contributed by atoms with Crippen molar-refractivity contribution < 1.29 is 9.21 Å². The van der Waals surface area contributed by atoms with Gasteiger partial charge in [-0.1, -0.05) is 0 Å². The number of rotatable bonds is 2. The Morgan fingerprint density at radius 1 is 1.29 bits per heavy atom. The Labute approximate surface area is 144 Å². The standard InChI is InChI=1S/C18H19N3O2S/c1-10-3-5-16(23-10)13-8-21(9-14(13)19)18(22)12-4-6-17-15(7-12)20-11(2)24-17/h3-7,13-14H,8-9,19H2,1-2H3. The number of carbonyl (C=O) groups is 1. The minimum atomic E-state index is -0.107. The van der Waals surface area contributed by atoms with E-state index in [1.807, 2.05) is 49.1 Å². The van der Waals surface area contributed by atoms with Crippen molar-refractivity contribution in [1.29, 1.82) is 0 Å². The smallest absolute Gasteiger partial charge is 0.254 e. The van der Waals surface area contributed by atoms with Gasteiger partial charge >= 0.3 is 0 Å². The number of carbonyl (C=O) groups excluding carboxylic acids is 1. The summed E-state index contributed by atoms with van der Waals surface area (Å²) in [5, 5.41) is 1.01. The zero-order chi connectivity index (χ0) is 16.8. The molecule has 1 aliphatic rings. The van der Waals surface area contributed by atoms with Crippen molar-refractivity contribution in [3.05, 3.63) is 52.4 Å². The zero-order valence-corrected chi connectivity index (χ0v) is 14.5. The van der Waals surface area contributed by atoms with Crippen LogP contribution in [0, 0.1) is 13.8 Å². The van der Waals surface area contributed by atoms with Gasteiger partial charge in [-0.25, -0.2) is 4.98 Å². The third-order valence-corrected chi connectivity index (χ3v) is 5.47. The minimum absolute atomic E-state index is 0.00350. The van der Waals surface area contributed by atoms with E-state index in [2.05, 4.69) is 4.98 Å². The average molecular weight is 341 g/mol. The van der Waals surface area contributed by atoms with Crippen molar-refractivity contribution >= 4 is 27.5 Å².